The summed E-state index contributed by atoms with van der Waals surface area (Å²) in [5.41, 5.74) is 1.42. The fraction of sp³-hybridized carbons (Fsp3) is 0.312. The van der Waals surface area contributed by atoms with Crippen molar-refractivity contribution in [2.75, 3.05) is 18.5 Å². The normalized spacial score (nSPS) is 11.2. The smallest absolute Gasteiger partial charge is 0.422 e. The fourth-order valence-electron chi connectivity index (χ4n) is 2.01. The number of rotatable bonds is 7. The Balaban J connectivity index is 2.04. The van der Waals surface area contributed by atoms with Gasteiger partial charge in [0.2, 0.25) is 0 Å². The average molecular weight is 377 g/mol. The summed E-state index contributed by atoms with van der Waals surface area (Å²) in [5.74, 6) is -0.557. The van der Waals surface area contributed by atoms with Crippen molar-refractivity contribution in [1.29, 1.82) is 0 Å². The van der Waals surface area contributed by atoms with Crippen molar-refractivity contribution in [2.24, 2.45) is 0 Å². The Morgan fingerprint density at radius 2 is 2.08 bits per heavy atom. The summed E-state index contributed by atoms with van der Waals surface area (Å²) in [6.07, 6.45) is -2.87. The Morgan fingerprint density at radius 3 is 2.76 bits per heavy atom. The van der Waals surface area contributed by atoms with Crippen molar-refractivity contribution >= 4 is 23.3 Å². The molecule has 0 spiro atoms. The van der Waals surface area contributed by atoms with Crippen LogP contribution in [0.15, 0.2) is 30.5 Å². The maximum Gasteiger partial charge on any atom is 0.422 e. The van der Waals surface area contributed by atoms with Crippen LogP contribution < -0.4 is 10.1 Å². The van der Waals surface area contributed by atoms with Gasteiger partial charge in [-0.2, -0.15) is 13.2 Å². The number of H-pyrrole nitrogens is 1. The Kier molecular flexibility index (Phi) is 6.19. The number of carbonyl (C=O) groups is 1. The maximum absolute atomic E-state index is 12.3. The van der Waals surface area contributed by atoms with E-state index in [1.807, 2.05) is 0 Å². The predicted octanol–water partition coefficient (Wildman–Crippen LogP) is 4.40. The Labute approximate surface area is 147 Å². The first-order valence-corrected chi connectivity index (χ1v) is 7.74. The second kappa shape index (κ2) is 8.15. The van der Waals surface area contributed by atoms with Gasteiger partial charge in [0.1, 0.15) is 11.4 Å². The number of benzene rings is 1. The number of aromatic amines is 1. The van der Waals surface area contributed by atoms with Crippen molar-refractivity contribution < 1.29 is 27.4 Å². The zero-order chi connectivity index (χ0) is 18.4. The third kappa shape index (κ3) is 5.60. The van der Waals surface area contributed by atoms with Crippen molar-refractivity contribution in [2.45, 2.75) is 19.6 Å². The molecule has 1 aromatic carbocycles. The van der Waals surface area contributed by atoms with Gasteiger partial charge in [-0.3, -0.25) is 0 Å². The molecule has 0 saturated carbocycles. The third-order valence-electron chi connectivity index (χ3n) is 3.10. The predicted molar refractivity (Wildman–Crippen MR) is 87.1 cm³/mol. The van der Waals surface area contributed by atoms with Crippen LogP contribution in [0.1, 0.15) is 23.0 Å². The summed E-state index contributed by atoms with van der Waals surface area (Å²) < 4.78 is 46.4. The van der Waals surface area contributed by atoms with E-state index in [0.29, 0.717) is 11.3 Å². The van der Waals surface area contributed by atoms with Gasteiger partial charge in [-0.25, -0.2) is 4.79 Å². The van der Waals surface area contributed by atoms with E-state index in [1.54, 1.807) is 25.3 Å². The highest BCUT2D eigenvalue weighted by Gasteiger charge is 2.28. The van der Waals surface area contributed by atoms with Gasteiger partial charge in [-0.1, -0.05) is 17.7 Å². The number of anilines is 1. The lowest BCUT2D eigenvalue weighted by atomic mass is 10.2. The molecule has 0 radical (unpaired) electrons. The molecule has 0 unspecified atom stereocenters. The molecule has 1 aromatic heterocycles. The molecule has 2 aromatic rings. The molecule has 0 aliphatic rings. The summed E-state index contributed by atoms with van der Waals surface area (Å²) in [6.45, 7) is 0.775. The molecular weight excluding hydrogens is 361 g/mol. The van der Waals surface area contributed by atoms with E-state index < -0.39 is 18.8 Å². The van der Waals surface area contributed by atoms with Gasteiger partial charge >= 0.3 is 12.1 Å². The molecule has 0 aliphatic heterocycles. The van der Waals surface area contributed by atoms with Crippen LogP contribution in [-0.2, 0) is 11.3 Å². The molecule has 5 nitrogen and oxygen atoms in total. The van der Waals surface area contributed by atoms with Gasteiger partial charge < -0.3 is 19.8 Å². The van der Waals surface area contributed by atoms with Gasteiger partial charge in [0.15, 0.2) is 6.61 Å². The minimum Gasteiger partial charge on any atom is -0.483 e. The fourth-order valence-corrected chi connectivity index (χ4v) is 2.19. The van der Waals surface area contributed by atoms with Crippen LogP contribution in [0.3, 0.4) is 0 Å². The molecule has 2 rings (SSSR count). The highest BCUT2D eigenvalue weighted by molar-refractivity contribution is 6.32. The largest absolute Gasteiger partial charge is 0.483 e. The topological polar surface area (TPSA) is 63.4 Å². The summed E-state index contributed by atoms with van der Waals surface area (Å²) in [5, 5.41) is 3.10. The zero-order valence-corrected chi connectivity index (χ0v) is 14.0. The number of aromatic nitrogens is 1. The number of ether oxygens (including phenoxy) is 2. The van der Waals surface area contributed by atoms with Crippen molar-refractivity contribution in [3.63, 3.8) is 0 Å². The molecule has 25 heavy (non-hydrogen) atoms. The van der Waals surface area contributed by atoms with Crippen molar-refractivity contribution in [1.82, 2.24) is 4.98 Å². The van der Waals surface area contributed by atoms with Crippen molar-refractivity contribution in [3.05, 3.63) is 46.7 Å². The molecular formula is C16H16ClF3N2O3. The van der Waals surface area contributed by atoms with E-state index in [-0.39, 0.29) is 29.6 Å². The Morgan fingerprint density at radius 1 is 1.32 bits per heavy atom. The zero-order valence-electron chi connectivity index (χ0n) is 13.2. The van der Waals surface area contributed by atoms with E-state index >= 15 is 0 Å². The van der Waals surface area contributed by atoms with Crippen LogP contribution in [0.5, 0.6) is 5.75 Å². The second-order valence-corrected chi connectivity index (χ2v) is 5.42. The van der Waals surface area contributed by atoms with E-state index in [4.69, 9.17) is 21.1 Å². The highest BCUT2D eigenvalue weighted by atomic mass is 35.5. The third-order valence-corrected chi connectivity index (χ3v) is 3.41. The summed E-state index contributed by atoms with van der Waals surface area (Å²) in [7, 11) is 0. The number of hydrogen-bond donors (Lipinski definition) is 2. The first-order valence-electron chi connectivity index (χ1n) is 7.36. The molecule has 0 aliphatic carbocycles. The number of nitrogens with one attached hydrogen (secondary N) is 2. The van der Waals surface area contributed by atoms with Gasteiger partial charge in [-0.15, -0.1) is 0 Å². The lowest BCUT2D eigenvalue weighted by molar-refractivity contribution is -0.153. The maximum atomic E-state index is 12.3. The van der Waals surface area contributed by atoms with Crippen molar-refractivity contribution in [3.8, 4) is 5.75 Å². The van der Waals surface area contributed by atoms with Gasteiger partial charge in [-0.05, 0) is 30.7 Å². The molecule has 0 atom stereocenters. The number of hydrogen-bond acceptors (Lipinski definition) is 4. The monoisotopic (exact) mass is 376 g/mol. The summed E-state index contributed by atoms with van der Waals surface area (Å²) >= 11 is 5.85. The minimum absolute atomic E-state index is 0.0574. The van der Waals surface area contributed by atoms with Crippen LogP contribution >= 0.6 is 11.6 Å². The highest BCUT2D eigenvalue weighted by Crippen LogP contribution is 2.28. The minimum atomic E-state index is -4.45. The summed E-state index contributed by atoms with van der Waals surface area (Å²) in [4.78, 5) is 14.6. The number of halogens is 4. The summed E-state index contributed by atoms with van der Waals surface area (Å²) in [6, 6.07) is 6.17. The Bertz CT molecular complexity index is 732. The Hall–Kier alpha value is -2.35. The van der Waals surface area contributed by atoms with Crippen LogP contribution in [0.2, 0.25) is 5.02 Å². The SMILES string of the molecule is CCOC(=O)c1[nH]ccc1NCc1ccc(Cl)c(OCC(F)(F)F)c1. The molecule has 0 fully saturated rings. The number of esters is 1. The first-order chi connectivity index (χ1) is 11.8. The average Bonchev–Trinajstić information content (AvgIpc) is 3.01. The van der Waals surface area contributed by atoms with E-state index in [1.165, 1.54) is 12.1 Å². The quantitative estimate of drug-likeness (QED) is 0.703. The molecule has 2 N–H and O–H groups in total. The van der Waals surface area contributed by atoms with Crippen LogP contribution in [-0.4, -0.2) is 30.3 Å². The van der Waals surface area contributed by atoms with Crippen LogP contribution in [0.25, 0.3) is 0 Å². The second-order valence-electron chi connectivity index (χ2n) is 5.01. The van der Waals surface area contributed by atoms with Crippen LogP contribution in [0, 0.1) is 0 Å². The van der Waals surface area contributed by atoms with Gasteiger partial charge in [0, 0.05) is 12.7 Å². The van der Waals surface area contributed by atoms with E-state index in [9.17, 15) is 18.0 Å². The van der Waals surface area contributed by atoms with Gasteiger partial charge in [0.25, 0.3) is 0 Å². The van der Waals surface area contributed by atoms with Crippen LogP contribution in [0.4, 0.5) is 18.9 Å². The van der Waals surface area contributed by atoms with E-state index in [2.05, 4.69) is 10.3 Å². The molecule has 0 amide bonds. The molecule has 0 saturated heterocycles. The van der Waals surface area contributed by atoms with E-state index in [0.717, 1.165) is 0 Å². The standard InChI is InChI=1S/C16H16ClF3N2O3/c1-2-24-15(23)14-12(5-6-21-14)22-8-10-3-4-11(17)13(7-10)25-9-16(18,19)20/h3-7,21-22H,2,8-9H2,1H3. The molecule has 9 heteroatoms. The number of alkyl halides is 3. The lowest BCUT2D eigenvalue weighted by Crippen LogP contribution is -2.19. The lowest BCUT2D eigenvalue weighted by Gasteiger charge is -2.12. The number of carbonyl (C=O) groups excluding carboxylic acids is 1. The molecule has 0 bridgehead atoms. The first kappa shape index (κ1) is 19.0. The molecule has 136 valence electrons. The van der Waals surface area contributed by atoms with Gasteiger partial charge in [0.05, 0.1) is 17.3 Å². The molecule has 1 heterocycles.